The lowest BCUT2D eigenvalue weighted by molar-refractivity contribution is 0.622. The lowest BCUT2D eigenvalue weighted by atomic mass is 9.95. The van der Waals surface area contributed by atoms with Crippen molar-refractivity contribution in [2.75, 3.05) is 0 Å². The van der Waals surface area contributed by atoms with Gasteiger partial charge in [0.25, 0.3) is 0 Å². The first-order chi connectivity index (χ1) is 10.8. The second-order valence-electron chi connectivity index (χ2n) is 4.94. The van der Waals surface area contributed by atoms with E-state index in [9.17, 15) is 9.65 Å². The van der Waals surface area contributed by atoms with Gasteiger partial charge in [-0.05, 0) is 31.7 Å². The quantitative estimate of drug-likeness (QED) is 0.871. The van der Waals surface area contributed by atoms with E-state index in [0.29, 0.717) is 5.56 Å². The van der Waals surface area contributed by atoms with Gasteiger partial charge in [-0.25, -0.2) is 14.4 Å². The zero-order valence-corrected chi connectivity index (χ0v) is 11.8. The van der Waals surface area contributed by atoms with E-state index in [1.807, 2.05) is 0 Å². The minimum absolute atomic E-state index is 0.216. The molecule has 0 radical (unpaired) electrons. The Hall–Kier alpha value is -2.88. The number of fused-ring (bicyclic) bond motifs is 1. The van der Waals surface area contributed by atoms with Crippen LogP contribution in [-0.2, 0) is 12.8 Å². The Morgan fingerprint density at radius 2 is 2.09 bits per heavy atom. The molecule has 0 saturated carbocycles. The van der Waals surface area contributed by atoms with E-state index in [2.05, 4.69) is 31.2 Å². The molecule has 2 aromatic rings. The van der Waals surface area contributed by atoms with Gasteiger partial charge in [-0.1, -0.05) is 0 Å². The third kappa shape index (κ3) is 2.91. The van der Waals surface area contributed by atoms with Crippen molar-refractivity contribution in [3.63, 3.8) is 0 Å². The van der Waals surface area contributed by atoms with Crippen LogP contribution in [0.15, 0.2) is 24.8 Å². The van der Waals surface area contributed by atoms with Gasteiger partial charge in [0.2, 0.25) is 0 Å². The number of H-pyrrole nitrogens is 1. The van der Waals surface area contributed by atoms with Gasteiger partial charge in [0.1, 0.15) is 23.9 Å². The molecule has 6 nitrogen and oxygen atoms in total. The van der Waals surface area contributed by atoms with Crippen LogP contribution in [0.4, 0.5) is 4.39 Å². The number of hydrogen-bond acceptors (Lipinski definition) is 5. The van der Waals surface area contributed by atoms with Crippen molar-refractivity contribution in [1.29, 1.82) is 5.26 Å². The zero-order chi connectivity index (χ0) is 15.4. The van der Waals surface area contributed by atoms with Crippen molar-refractivity contribution in [3.8, 4) is 17.5 Å². The monoisotopic (exact) mass is 296 g/mol. The van der Waals surface area contributed by atoms with Crippen LogP contribution in [0.2, 0.25) is 0 Å². The van der Waals surface area contributed by atoms with Gasteiger partial charge in [0, 0.05) is 23.0 Å². The number of pyridine rings is 1. The molecule has 0 atom stereocenters. The van der Waals surface area contributed by atoms with Gasteiger partial charge >= 0.3 is 0 Å². The molecule has 0 aromatic carbocycles. The first-order valence-electron chi connectivity index (χ1n) is 6.95. The molecular formula is C15H13FN6. The van der Waals surface area contributed by atoms with Gasteiger partial charge < -0.3 is 0 Å². The molecule has 1 aliphatic rings. The van der Waals surface area contributed by atoms with Crippen molar-refractivity contribution < 1.29 is 4.39 Å². The molecule has 0 bridgehead atoms. The molecule has 0 saturated heterocycles. The van der Waals surface area contributed by atoms with Crippen LogP contribution in [0.25, 0.3) is 11.4 Å². The van der Waals surface area contributed by atoms with E-state index >= 15 is 0 Å². The number of aromatic amines is 1. The molecule has 0 fully saturated rings. The average Bonchev–Trinajstić information content (AvgIpc) is 2.63. The van der Waals surface area contributed by atoms with Crippen LogP contribution in [0.3, 0.4) is 0 Å². The van der Waals surface area contributed by atoms with Crippen molar-refractivity contribution in [3.05, 3.63) is 47.6 Å². The lowest BCUT2D eigenvalue weighted by Crippen LogP contribution is -2.07. The SMILES string of the molecule is N#Cc1nc(-c2cncc(F)c2)ncn[nH]c2c1CCCC2. The number of rotatable bonds is 1. The first kappa shape index (κ1) is 14.1. The molecule has 0 aliphatic heterocycles. The molecule has 7 heteroatoms. The Morgan fingerprint density at radius 3 is 2.91 bits per heavy atom. The molecule has 0 unspecified atom stereocenters. The van der Waals surface area contributed by atoms with Crippen LogP contribution in [0.1, 0.15) is 29.8 Å². The normalized spacial score (nSPS) is 12.9. The molecule has 110 valence electrons. The fraction of sp³-hybridized carbons (Fsp3) is 0.267. The second kappa shape index (κ2) is 6.26. The van der Waals surface area contributed by atoms with E-state index < -0.39 is 5.82 Å². The number of nitrogens with zero attached hydrogens (tertiary/aromatic N) is 5. The number of hydrogen-bond donors (Lipinski definition) is 1. The maximum absolute atomic E-state index is 13.3. The Morgan fingerprint density at radius 1 is 1.23 bits per heavy atom. The van der Waals surface area contributed by atoms with E-state index in [0.717, 1.165) is 43.1 Å². The highest BCUT2D eigenvalue weighted by molar-refractivity contribution is 5.53. The largest absolute Gasteiger partial charge is 0.281 e. The van der Waals surface area contributed by atoms with Gasteiger partial charge in [-0.15, -0.1) is 0 Å². The summed E-state index contributed by atoms with van der Waals surface area (Å²) in [6.07, 6.45) is 7.49. The van der Waals surface area contributed by atoms with Crippen LogP contribution in [0, 0.1) is 17.1 Å². The molecule has 3 rings (SSSR count). The summed E-state index contributed by atoms with van der Waals surface area (Å²) in [5, 5.41) is 16.4. The van der Waals surface area contributed by atoms with Crippen LogP contribution in [-0.4, -0.2) is 25.1 Å². The highest BCUT2D eigenvalue weighted by Gasteiger charge is 2.14. The molecule has 2 aromatic heterocycles. The first-order valence-corrected chi connectivity index (χ1v) is 6.95. The molecule has 22 heavy (non-hydrogen) atoms. The van der Waals surface area contributed by atoms with Crippen molar-refractivity contribution in [2.24, 2.45) is 0 Å². The number of nitriles is 1. The lowest BCUT2D eigenvalue weighted by Gasteiger charge is -2.12. The van der Waals surface area contributed by atoms with E-state index in [1.54, 1.807) is 0 Å². The summed E-state index contributed by atoms with van der Waals surface area (Å²) in [5.41, 5.74) is 2.44. The maximum atomic E-state index is 13.3. The molecule has 2 heterocycles. The Bertz CT molecular complexity index is 791. The van der Waals surface area contributed by atoms with Crippen LogP contribution in [0.5, 0.6) is 0 Å². The minimum Gasteiger partial charge on any atom is -0.281 e. The fourth-order valence-electron chi connectivity index (χ4n) is 2.45. The van der Waals surface area contributed by atoms with Crippen molar-refractivity contribution in [2.45, 2.75) is 25.7 Å². The minimum atomic E-state index is -0.485. The number of nitrogens with one attached hydrogen (secondary N) is 1. The molecule has 0 amide bonds. The van der Waals surface area contributed by atoms with E-state index in [1.165, 1.54) is 18.6 Å². The topological polar surface area (TPSA) is 91.1 Å². The second-order valence-corrected chi connectivity index (χ2v) is 4.94. The average molecular weight is 296 g/mol. The third-order valence-electron chi connectivity index (χ3n) is 3.48. The van der Waals surface area contributed by atoms with Gasteiger partial charge in [0.05, 0.1) is 6.20 Å². The highest BCUT2D eigenvalue weighted by atomic mass is 19.1. The molecular weight excluding hydrogens is 283 g/mol. The predicted octanol–water partition coefficient (Wildman–Crippen LogP) is 2.28. The van der Waals surface area contributed by atoms with E-state index in [-0.39, 0.29) is 11.5 Å². The molecule has 0 spiro atoms. The highest BCUT2D eigenvalue weighted by Crippen LogP contribution is 2.21. The van der Waals surface area contributed by atoms with Crippen molar-refractivity contribution in [1.82, 2.24) is 25.1 Å². The summed E-state index contributed by atoms with van der Waals surface area (Å²) in [4.78, 5) is 12.2. The number of aryl methyl sites for hydroxylation is 1. The predicted molar refractivity (Wildman–Crippen MR) is 76.4 cm³/mol. The third-order valence-corrected chi connectivity index (χ3v) is 3.48. The summed E-state index contributed by atoms with van der Waals surface area (Å²) in [6, 6.07) is 3.39. The standard InChI is InChI=1S/C15H13FN6/c16-11-5-10(7-18-8-11)15-19-9-20-22-13-4-2-1-3-12(13)14(6-17)21-15/h5,7-9,22H,1-4H2. The Balaban J connectivity index is 2.25. The Labute approximate surface area is 126 Å². The fourth-order valence-corrected chi connectivity index (χ4v) is 2.45. The molecule has 1 aliphatic carbocycles. The Kier molecular flexibility index (Phi) is 4.01. The van der Waals surface area contributed by atoms with Gasteiger partial charge in [0.15, 0.2) is 5.82 Å². The summed E-state index contributed by atoms with van der Waals surface area (Å²) in [6.45, 7) is 0. The van der Waals surface area contributed by atoms with Crippen LogP contribution < -0.4 is 0 Å². The maximum Gasteiger partial charge on any atom is 0.164 e. The summed E-state index contributed by atoms with van der Waals surface area (Å²) in [7, 11) is 0. The summed E-state index contributed by atoms with van der Waals surface area (Å²) < 4.78 is 13.3. The number of aromatic nitrogens is 5. The molecule has 1 N–H and O–H groups in total. The summed E-state index contributed by atoms with van der Waals surface area (Å²) in [5.74, 6) is -0.269. The summed E-state index contributed by atoms with van der Waals surface area (Å²) >= 11 is 0. The van der Waals surface area contributed by atoms with Crippen molar-refractivity contribution >= 4 is 0 Å². The van der Waals surface area contributed by atoms with Gasteiger partial charge in [-0.2, -0.15) is 10.4 Å². The van der Waals surface area contributed by atoms with Crippen LogP contribution >= 0.6 is 0 Å². The van der Waals surface area contributed by atoms with E-state index in [4.69, 9.17) is 0 Å². The smallest absolute Gasteiger partial charge is 0.164 e. The van der Waals surface area contributed by atoms with Gasteiger partial charge in [-0.3, -0.25) is 10.1 Å². The number of halogens is 1. The zero-order valence-electron chi connectivity index (χ0n) is 11.8.